The van der Waals surface area contributed by atoms with Crippen molar-refractivity contribution in [3.8, 4) is 0 Å². The van der Waals surface area contributed by atoms with Crippen LogP contribution in [0.25, 0.3) is 10.4 Å². The molecule has 0 bridgehead atoms. The molecule has 0 radical (unpaired) electrons. The molecule has 0 fully saturated rings. The first-order valence-electron chi connectivity index (χ1n) is 6.59. The number of esters is 1. The van der Waals surface area contributed by atoms with Crippen LogP contribution in [0.1, 0.15) is 20.3 Å². The van der Waals surface area contributed by atoms with Crippen molar-refractivity contribution in [3.63, 3.8) is 0 Å². The Morgan fingerprint density at radius 2 is 2.32 bits per heavy atom. The van der Waals surface area contributed by atoms with Gasteiger partial charge in [0, 0.05) is 25.2 Å². The number of cyclic esters (lactones) is 1. The Bertz CT molecular complexity index is 482. The van der Waals surface area contributed by atoms with Gasteiger partial charge < -0.3 is 24.1 Å². The van der Waals surface area contributed by atoms with E-state index in [1.807, 2.05) is 0 Å². The van der Waals surface area contributed by atoms with Crippen molar-refractivity contribution in [1.29, 1.82) is 0 Å². The van der Waals surface area contributed by atoms with E-state index >= 15 is 0 Å². The lowest BCUT2D eigenvalue weighted by molar-refractivity contribution is -0.199. The van der Waals surface area contributed by atoms with Crippen molar-refractivity contribution >= 4 is 5.97 Å². The molecule has 22 heavy (non-hydrogen) atoms. The average Bonchev–Trinajstić information content (AvgIpc) is 2.45. The quantitative estimate of drug-likeness (QED) is 0.365. The smallest absolute Gasteiger partial charge is 0.336 e. The van der Waals surface area contributed by atoms with Crippen LogP contribution < -0.4 is 0 Å². The lowest BCUT2D eigenvalue weighted by Crippen LogP contribution is -2.32. The van der Waals surface area contributed by atoms with E-state index in [1.165, 1.54) is 12.3 Å². The fraction of sp³-hybridized carbons (Fsp3) is 0.615. The molecular weight excluding hydrogens is 294 g/mol. The van der Waals surface area contributed by atoms with E-state index in [-0.39, 0.29) is 19.3 Å². The third-order valence-corrected chi connectivity index (χ3v) is 2.48. The summed E-state index contributed by atoms with van der Waals surface area (Å²) in [6.07, 6.45) is 3.94. The van der Waals surface area contributed by atoms with Gasteiger partial charge in [0.1, 0.15) is 5.76 Å². The zero-order valence-electron chi connectivity index (χ0n) is 12.5. The van der Waals surface area contributed by atoms with Crippen molar-refractivity contribution in [1.82, 2.24) is 0 Å². The first kappa shape index (κ1) is 17.8. The molecule has 2 heterocycles. The first-order chi connectivity index (χ1) is 10.4. The molecule has 0 spiro atoms. The summed E-state index contributed by atoms with van der Waals surface area (Å²) in [5.41, 5.74) is 8.09. The standard InChI is InChI=1S/C9H15N3O3.C4H4O3/c1-9(2)14-4-3-8(15-9)5-7(13)6-11-12-10;5-4-1-2-6-3-7-4/h3,7,13H,4-6H2,1-2H3;1-2H,3H2. The summed E-state index contributed by atoms with van der Waals surface area (Å²) in [4.78, 5) is 12.7. The molecule has 1 atom stereocenters. The Morgan fingerprint density at radius 3 is 2.82 bits per heavy atom. The number of hydrogen-bond donors (Lipinski definition) is 1. The Labute approximate surface area is 127 Å². The monoisotopic (exact) mass is 313 g/mol. The molecular formula is C13H19N3O6. The average molecular weight is 313 g/mol. The van der Waals surface area contributed by atoms with Crippen LogP contribution in [-0.4, -0.2) is 42.9 Å². The van der Waals surface area contributed by atoms with Crippen LogP contribution in [0.15, 0.2) is 29.3 Å². The molecule has 0 aromatic carbocycles. The van der Waals surface area contributed by atoms with Gasteiger partial charge in [-0.2, -0.15) is 0 Å². The van der Waals surface area contributed by atoms with Gasteiger partial charge in [-0.05, 0) is 11.6 Å². The summed E-state index contributed by atoms with van der Waals surface area (Å²) in [5.74, 6) is -0.319. The fourth-order valence-corrected chi connectivity index (χ4v) is 1.56. The second-order valence-electron chi connectivity index (χ2n) is 4.81. The normalized spacial score (nSPS) is 20.0. The minimum Gasteiger partial charge on any atom is -0.467 e. The minimum absolute atomic E-state index is 0.0509. The molecule has 2 aliphatic heterocycles. The summed E-state index contributed by atoms with van der Waals surface area (Å²) in [6.45, 7) is 4.18. The Morgan fingerprint density at radius 1 is 1.55 bits per heavy atom. The van der Waals surface area contributed by atoms with E-state index in [4.69, 9.17) is 15.0 Å². The number of azide groups is 1. The summed E-state index contributed by atoms with van der Waals surface area (Å²) < 4.78 is 19.6. The number of carbonyl (C=O) groups excluding carboxylic acids is 1. The predicted octanol–water partition coefficient (Wildman–Crippen LogP) is 1.75. The van der Waals surface area contributed by atoms with Crippen LogP contribution in [0, 0.1) is 0 Å². The van der Waals surface area contributed by atoms with Gasteiger partial charge in [0.05, 0.1) is 31.6 Å². The highest BCUT2D eigenvalue weighted by Gasteiger charge is 2.25. The molecule has 0 saturated heterocycles. The van der Waals surface area contributed by atoms with Gasteiger partial charge >= 0.3 is 5.97 Å². The summed E-state index contributed by atoms with van der Waals surface area (Å²) in [7, 11) is 0. The fourth-order valence-electron chi connectivity index (χ4n) is 1.56. The minimum atomic E-state index is -0.707. The molecule has 9 heteroatoms. The third-order valence-electron chi connectivity index (χ3n) is 2.48. The van der Waals surface area contributed by atoms with Crippen LogP contribution in [0.3, 0.4) is 0 Å². The van der Waals surface area contributed by atoms with E-state index in [1.54, 1.807) is 19.9 Å². The molecule has 0 saturated carbocycles. The highest BCUT2D eigenvalue weighted by Crippen LogP contribution is 2.23. The largest absolute Gasteiger partial charge is 0.467 e. The molecule has 9 nitrogen and oxygen atoms in total. The number of aliphatic hydroxyl groups is 1. The predicted molar refractivity (Wildman–Crippen MR) is 75.0 cm³/mol. The zero-order chi connectivity index (χ0) is 16.4. The maximum atomic E-state index is 10.1. The second kappa shape index (κ2) is 8.93. The van der Waals surface area contributed by atoms with Crippen LogP contribution in [-0.2, 0) is 23.7 Å². The molecule has 0 amide bonds. The zero-order valence-corrected chi connectivity index (χ0v) is 12.5. The van der Waals surface area contributed by atoms with Crippen molar-refractivity contribution < 1.29 is 28.8 Å². The first-order valence-corrected chi connectivity index (χ1v) is 6.59. The highest BCUT2D eigenvalue weighted by molar-refractivity contribution is 5.81. The van der Waals surface area contributed by atoms with Crippen LogP contribution in [0.5, 0.6) is 0 Å². The SMILES string of the molecule is CC1(C)OCC=C(CC(O)CN=[N+]=[N-])O1.O=C1C=COCO1. The summed E-state index contributed by atoms with van der Waals surface area (Å²) >= 11 is 0. The lowest BCUT2D eigenvalue weighted by atomic mass is 10.2. The lowest BCUT2D eigenvalue weighted by Gasteiger charge is -2.31. The topological polar surface area (TPSA) is 123 Å². The number of carbonyl (C=O) groups is 1. The molecule has 1 N–H and O–H groups in total. The summed E-state index contributed by atoms with van der Waals surface area (Å²) in [6, 6.07) is 0. The van der Waals surface area contributed by atoms with Crippen molar-refractivity contribution in [2.24, 2.45) is 5.11 Å². The van der Waals surface area contributed by atoms with Gasteiger partial charge in [-0.25, -0.2) is 4.79 Å². The molecule has 122 valence electrons. The summed E-state index contributed by atoms with van der Waals surface area (Å²) in [5, 5.41) is 12.8. The number of aliphatic hydroxyl groups excluding tert-OH is 1. The molecule has 0 aromatic rings. The Balaban J connectivity index is 0.000000287. The molecule has 1 unspecified atom stereocenters. The van der Waals surface area contributed by atoms with Crippen LogP contribution >= 0.6 is 0 Å². The number of rotatable bonds is 4. The van der Waals surface area contributed by atoms with Crippen LogP contribution in [0.2, 0.25) is 0 Å². The molecule has 0 aromatic heterocycles. The Kier molecular flexibility index (Phi) is 7.24. The van der Waals surface area contributed by atoms with Crippen molar-refractivity contribution in [3.05, 3.63) is 34.6 Å². The second-order valence-corrected chi connectivity index (χ2v) is 4.81. The van der Waals surface area contributed by atoms with Gasteiger partial charge in [-0.15, -0.1) is 0 Å². The van der Waals surface area contributed by atoms with Gasteiger partial charge in [-0.3, -0.25) is 0 Å². The third kappa shape index (κ3) is 7.53. The maximum Gasteiger partial charge on any atom is 0.336 e. The van der Waals surface area contributed by atoms with E-state index in [2.05, 4.69) is 19.5 Å². The van der Waals surface area contributed by atoms with Gasteiger partial charge in [0.25, 0.3) is 0 Å². The molecule has 0 aliphatic carbocycles. The molecule has 2 aliphatic rings. The highest BCUT2D eigenvalue weighted by atomic mass is 16.7. The van der Waals surface area contributed by atoms with E-state index < -0.39 is 11.9 Å². The van der Waals surface area contributed by atoms with Gasteiger partial charge in [0.15, 0.2) is 0 Å². The van der Waals surface area contributed by atoms with Crippen molar-refractivity contribution in [2.75, 3.05) is 19.9 Å². The van der Waals surface area contributed by atoms with Gasteiger partial charge in [-0.1, -0.05) is 5.11 Å². The van der Waals surface area contributed by atoms with E-state index in [9.17, 15) is 9.90 Å². The van der Waals surface area contributed by atoms with Crippen LogP contribution in [0.4, 0.5) is 0 Å². The maximum absolute atomic E-state index is 10.1. The number of hydrogen-bond acceptors (Lipinski definition) is 7. The molecule has 2 rings (SSSR count). The van der Waals surface area contributed by atoms with E-state index in [0.29, 0.717) is 18.8 Å². The van der Waals surface area contributed by atoms with Gasteiger partial charge in [0.2, 0.25) is 12.6 Å². The number of nitrogens with zero attached hydrogens (tertiary/aromatic N) is 3. The Hall–Kier alpha value is -2.22. The van der Waals surface area contributed by atoms with E-state index in [0.717, 1.165) is 0 Å². The number of ether oxygens (including phenoxy) is 4. The van der Waals surface area contributed by atoms with Crippen molar-refractivity contribution in [2.45, 2.75) is 32.2 Å².